The van der Waals surface area contributed by atoms with Crippen molar-refractivity contribution in [2.75, 3.05) is 0 Å². The molecule has 2 nitrogen and oxygen atoms in total. The molecule has 4 aromatic rings. The number of rotatable bonds is 8. The molecule has 0 N–H and O–H groups in total. The SMILES string of the molecule is CC.CCC(C)(C)c1ccc(Sc2ccc(C)cc2)cc1-c1n(-c2c(C)cc(C)cc2C)cc[n+]1C.CCCCC.FS. The Hall–Kier alpha value is -2.50. The van der Waals surface area contributed by atoms with Crippen molar-refractivity contribution >= 4 is 24.8 Å². The smallest absolute Gasteiger partial charge is 0.232 e. The number of benzene rings is 3. The standard InChI is InChI=1S/C31H37N2S.C5H12.C2H6.FHS/c1-9-31(6,7)28-15-14-26(34-25-12-10-21(2)11-13-25)20-27(28)30-32(8)16-17-33(30)29-23(4)18-22(3)19-24(29)5;1-3-5-4-2;2*1-2/h10-20H,9H2,1-8H3;3-5H2,1-2H3;1-2H3;2H/q+1;;;. The molecule has 0 aliphatic heterocycles. The number of imidazole rings is 1. The van der Waals surface area contributed by atoms with Crippen LogP contribution in [0.1, 0.15) is 102 Å². The van der Waals surface area contributed by atoms with E-state index in [1.165, 1.54) is 73.9 Å². The molecule has 0 bridgehead atoms. The van der Waals surface area contributed by atoms with Crippen LogP contribution in [0.25, 0.3) is 17.1 Å². The average molecular weight is 624 g/mol. The van der Waals surface area contributed by atoms with Gasteiger partial charge in [0.05, 0.1) is 12.6 Å². The van der Waals surface area contributed by atoms with Gasteiger partial charge >= 0.3 is 0 Å². The number of aromatic nitrogens is 2. The molecule has 0 amide bonds. The Kier molecular flexibility index (Phi) is 17.0. The van der Waals surface area contributed by atoms with Gasteiger partial charge < -0.3 is 0 Å². The van der Waals surface area contributed by atoms with Crippen LogP contribution in [0.15, 0.2) is 76.8 Å². The lowest BCUT2D eigenvalue weighted by atomic mass is 9.79. The molecule has 43 heavy (non-hydrogen) atoms. The highest BCUT2D eigenvalue weighted by Crippen LogP contribution is 2.39. The maximum Gasteiger partial charge on any atom is 0.294 e. The van der Waals surface area contributed by atoms with E-state index in [0.717, 1.165) is 6.42 Å². The minimum Gasteiger partial charge on any atom is -0.232 e. The zero-order valence-corrected chi connectivity index (χ0v) is 30.5. The highest BCUT2D eigenvalue weighted by Gasteiger charge is 2.30. The summed E-state index contributed by atoms with van der Waals surface area (Å²) >= 11 is 3.86. The van der Waals surface area contributed by atoms with Crippen LogP contribution in [-0.4, -0.2) is 4.57 Å². The number of thiol groups is 1. The molecular formula is C38H56FN2S2+. The summed E-state index contributed by atoms with van der Waals surface area (Å²) in [6.07, 6.45) is 9.55. The van der Waals surface area contributed by atoms with E-state index in [4.69, 9.17) is 0 Å². The third-order valence-electron chi connectivity index (χ3n) is 7.69. The molecule has 0 atom stereocenters. The summed E-state index contributed by atoms with van der Waals surface area (Å²) in [6.45, 7) is 24.2. The number of aryl methyl sites for hydroxylation is 5. The minimum absolute atomic E-state index is 0.0713. The predicted molar refractivity (Wildman–Crippen MR) is 192 cm³/mol. The Morgan fingerprint density at radius 2 is 1.33 bits per heavy atom. The van der Waals surface area contributed by atoms with Crippen LogP contribution < -0.4 is 4.57 Å². The molecule has 5 heteroatoms. The molecule has 0 aliphatic carbocycles. The molecule has 0 aliphatic rings. The number of hydrogen-bond donors (Lipinski definition) is 1. The molecule has 1 heterocycles. The number of halogens is 1. The van der Waals surface area contributed by atoms with Crippen LogP contribution in [0.2, 0.25) is 0 Å². The first-order chi connectivity index (χ1) is 20.5. The highest BCUT2D eigenvalue weighted by atomic mass is 32.2. The molecule has 236 valence electrons. The lowest BCUT2D eigenvalue weighted by Gasteiger charge is -2.26. The second-order valence-electron chi connectivity index (χ2n) is 11.6. The summed E-state index contributed by atoms with van der Waals surface area (Å²) in [4.78, 5) is 2.53. The zero-order chi connectivity index (χ0) is 32.7. The summed E-state index contributed by atoms with van der Waals surface area (Å²) in [6, 6.07) is 20.4. The van der Waals surface area contributed by atoms with Crippen LogP contribution in [-0.2, 0) is 12.5 Å². The summed E-state index contributed by atoms with van der Waals surface area (Å²) in [7, 11) is 2.16. The summed E-state index contributed by atoms with van der Waals surface area (Å²) in [5, 5.41) is 0. The second-order valence-corrected chi connectivity index (χ2v) is 12.7. The van der Waals surface area contributed by atoms with Crippen LogP contribution in [0, 0.1) is 27.7 Å². The average Bonchev–Trinajstić information content (AvgIpc) is 3.37. The Labute approximate surface area is 272 Å². The van der Waals surface area contributed by atoms with Gasteiger partial charge in [0.2, 0.25) is 0 Å². The van der Waals surface area contributed by atoms with E-state index >= 15 is 0 Å². The zero-order valence-electron chi connectivity index (χ0n) is 28.8. The first kappa shape index (κ1) is 38.5. The molecule has 0 unspecified atom stereocenters. The van der Waals surface area contributed by atoms with Gasteiger partial charge in [0.1, 0.15) is 18.1 Å². The molecule has 4 rings (SSSR count). The van der Waals surface area contributed by atoms with E-state index in [0.29, 0.717) is 0 Å². The topological polar surface area (TPSA) is 8.81 Å². The Morgan fingerprint density at radius 3 is 1.81 bits per heavy atom. The van der Waals surface area contributed by atoms with E-state index < -0.39 is 0 Å². The maximum atomic E-state index is 9.19. The van der Waals surface area contributed by atoms with Crippen LogP contribution in [0.5, 0.6) is 0 Å². The van der Waals surface area contributed by atoms with Crippen LogP contribution in [0.3, 0.4) is 0 Å². The van der Waals surface area contributed by atoms with Gasteiger partial charge in [-0.05, 0) is 80.5 Å². The van der Waals surface area contributed by atoms with Crippen molar-refractivity contribution in [3.8, 4) is 17.1 Å². The Bertz CT molecular complexity index is 1360. The molecule has 0 saturated heterocycles. The molecule has 0 fully saturated rings. The maximum absolute atomic E-state index is 9.19. The van der Waals surface area contributed by atoms with Crippen molar-refractivity contribution in [2.45, 2.75) is 117 Å². The first-order valence-corrected chi connectivity index (χ1v) is 16.9. The number of nitrogens with zero attached hydrogens (tertiary/aromatic N) is 2. The van der Waals surface area contributed by atoms with Crippen molar-refractivity contribution in [3.63, 3.8) is 0 Å². The summed E-state index contributed by atoms with van der Waals surface area (Å²) in [5.41, 5.74) is 9.24. The van der Waals surface area contributed by atoms with Gasteiger partial charge in [0.25, 0.3) is 5.82 Å². The third-order valence-corrected chi connectivity index (χ3v) is 8.68. The Morgan fingerprint density at radius 1 is 0.791 bits per heavy atom. The summed E-state index contributed by atoms with van der Waals surface area (Å²) < 4.78 is 13.8. The number of unbranched alkanes of at least 4 members (excludes halogenated alkanes) is 2. The van der Waals surface area contributed by atoms with Crippen molar-refractivity contribution < 1.29 is 8.45 Å². The quantitative estimate of drug-likeness (QED) is 0.152. The van der Waals surface area contributed by atoms with Gasteiger partial charge in [-0.15, -0.1) is 0 Å². The normalized spacial score (nSPS) is 10.6. The lowest BCUT2D eigenvalue weighted by Crippen LogP contribution is -2.30. The largest absolute Gasteiger partial charge is 0.294 e. The second kappa shape index (κ2) is 19.0. The van der Waals surface area contributed by atoms with Crippen molar-refractivity contribution in [1.29, 1.82) is 0 Å². The fourth-order valence-electron chi connectivity index (χ4n) is 5.18. The van der Waals surface area contributed by atoms with Gasteiger partial charge in [-0.2, -0.15) is 8.45 Å². The van der Waals surface area contributed by atoms with Crippen molar-refractivity contribution in [3.05, 3.63) is 94.8 Å². The molecule has 0 radical (unpaired) electrons. The molecule has 3 aromatic carbocycles. The van der Waals surface area contributed by atoms with Crippen LogP contribution in [0.4, 0.5) is 3.89 Å². The van der Waals surface area contributed by atoms with Gasteiger partial charge in [0.15, 0.2) is 0 Å². The van der Waals surface area contributed by atoms with Gasteiger partial charge in [-0.3, -0.25) is 0 Å². The van der Waals surface area contributed by atoms with E-state index in [1.807, 2.05) is 38.6 Å². The lowest BCUT2D eigenvalue weighted by molar-refractivity contribution is -0.659. The van der Waals surface area contributed by atoms with Crippen molar-refractivity contribution in [1.82, 2.24) is 4.57 Å². The first-order valence-electron chi connectivity index (χ1n) is 15.7. The fraction of sp³-hybridized carbons (Fsp3) is 0.447. The van der Waals surface area contributed by atoms with E-state index in [2.05, 4.69) is 145 Å². The highest BCUT2D eigenvalue weighted by molar-refractivity contribution is 7.99. The van der Waals surface area contributed by atoms with Crippen LogP contribution >= 0.6 is 24.8 Å². The number of hydrogen-bond acceptors (Lipinski definition) is 2. The van der Waals surface area contributed by atoms with E-state index in [1.54, 1.807) is 0 Å². The third kappa shape index (κ3) is 10.6. The monoisotopic (exact) mass is 623 g/mol. The van der Waals surface area contributed by atoms with Crippen molar-refractivity contribution in [2.24, 2.45) is 7.05 Å². The molecular weight excluding hydrogens is 568 g/mol. The fourth-order valence-corrected chi connectivity index (χ4v) is 6.04. The molecule has 0 spiro atoms. The van der Waals surface area contributed by atoms with Gasteiger partial charge in [-0.1, -0.05) is 121 Å². The van der Waals surface area contributed by atoms with Gasteiger partial charge in [0, 0.05) is 22.8 Å². The predicted octanol–water partition coefficient (Wildman–Crippen LogP) is 12.1. The summed E-state index contributed by atoms with van der Waals surface area (Å²) in [5.74, 6) is 1.22. The van der Waals surface area contributed by atoms with E-state index in [-0.39, 0.29) is 5.41 Å². The Balaban J connectivity index is 0.000000917. The molecule has 1 aromatic heterocycles. The minimum atomic E-state index is 0.0713. The van der Waals surface area contributed by atoms with E-state index in [9.17, 15) is 3.89 Å². The molecule has 0 saturated carbocycles. The van der Waals surface area contributed by atoms with Gasteiger partial charge in [-0.25, -0.2) is 4.57 Å².